The van der Waals surface area contributed by atoms with E-state index in [0.29, 0.717) is 5.56 Å². The second-order valence-corrected chi connectivity index (χ2v) is 10.6. The van der Waals surface area contributed by atoms with E-state index in [1.165, 1.54) is 36.5 Å². The number of nitrogens with zero attached hydrogens (tertiary/aromatic N) is 3. The summed E-state index contributed by atoms with van der Waals surface area (Å²) in [4.78, 5) is 5.34. The van der Waals surface area contributed by atoms with Crippen molar-refractivity contribution in [3.05, 3.63) is 126 Å². The number of nitriles is 1. The van der Waals surface area contributed by atoms with Crippen LogP contribution in [0.4, 0.5) is 5.69 Å². The average molecular weight is 505 g/mol. The van der Waals surface area contributed by atoms with Crippen LogP contribution in [0.15, 0.2) is 114 Å². The maximum atomic E-state index is 9.31. The molecule has 1 aliphatic rings. The first kappa shape index (κ1) is 21.2. The fraction of sp³-hybridized carbons (Fsp3) is 0.0303. The first-order valence-corrected chi connectivity index (χ1v) is 13.4. The Morgan fingerprint density at radius 3 is 2.34 bits per heavy atom. The second kappa shape index (κ2) is 8.04. The van der Waals surface area contributed by atoms with Gasteiger partial charge in [0, 0.05) is 37.5 Å². The molecule has 0 spiro atoms. The summed E-state index contributed by atoms with van der Waals surface area (Å²) in [6.45, 7) is 0. The van der Waals surface area contributed by atoms with Crippen molar-refractivity contribution in [1.82, 2.24) is 4.57 Å². The third-order valence-electron chi connectivity index (χ3n) is 7.50. The molecular formula is C33H20N4S. The Morgan fingerprint density at radius 1 is 0.737 bits per heavy atom. The van der Waals surface area contributed by atoms with Gasteiger partial charge in [0.25, 0.3) is 0 Å². The van der Waals surface area contributed by atoms with Crippen LogP contribution in [0.2, 0.25) is 0 Å². The zero-order valence-electron chi connectivity index (χ0n) is 20.2. The summed E-state index contributed by atoms with van der Waals surface area (Å²) in [6, 6.07) is 39.9. The molecule has 0 amide bonds. The van der Waals surface area contributed by atoms with Crippen LogP contribution in [0.1, 0.15) is 22.7 Å². The summed E-state index contributed by atoms with van der Waals surface area (Å²) in [5, 5.41) is 18.0. The van der Waals surface area contributed by atoms with E-state index in [4.69, 9.17) is 4.99 Å². The molecule has 1 unspecified atom stereocenters. The van der Waals surface area contributed by atoms with Crippen LogP contribution in [0.25, 0.3) is 42.0 Å². The Bertz CT molecular complexity index is 2120. The molecule has 0 fully saturated rings. The van der Waals surface area contributed by atoms with Crippen LogP contribution in [0.3, 0.4) is 0 Å². The van der Waals surface area contributed by atoms with E-state index in [-0.39, 0.29) is 6.04 Å². The van der Waals surface area contributed by atoms with Crippen molar-refractivity contribution in [2.45, 2.75) is 6.04 Å². The number of anilines is 1. The normalized spacial score (nSPS) is 14.9. The zero-order valence-corrected chi connectivity index (χ0v) is 21.0. The Morgan fingerprint density at radius 2 is 1.47 bits per heavy atom. The highest BCUT2D eigenvalue weighted by molar-refractivity contribution is 7.26. The largest absolute Gasteiger partial charge is 0.325 e. The van der Waals surface area contributed by atoms with E-state index in [2.05, 4.69) is 101 Å². The van der Waals surface area contributed by atoms with Crippen molar-refractivity contribution < 1.29 is 0 Å². The molecule has 0 aliphatic carbocycles. The van der Waals surface area contributed by atoms with Crippen LogP contribution in [-0.2, 0) is 0 Å². The van der Waals surface area contributed by atoms with Gasteiger partial charge in [0.2, 0.25) is 5.96 Å². The Hall–Kier alpha value is -4.92. The van der Waals surface area contributed by atoms with Gasteiger partial charge in [0.05, 0.1) is 27.4 Å². The Labute approximate surface area is 222 Å². The lowest BCUT2D eigenvalue weighted by molar-refractivity contribution is 0.851. The summed E-state index contributed by atoms with van der Waals surface area (Å²) >= 11 is 1.84. The molecule has 7 aromatic rings. The molecule has 0 radical (unpaired) electrons. The number of benzene rings is 5. The molecule has 178 valence electrons. The first-order valence-electron chi connectivity index (χ1n) is 12.6. The first-order chi connectivity index (χ1) is 18.8. The summed E-state index contributed by atoms with van der Waals surface area (Å²) < 4.78 is 4.85. The number of hydrogen-bond donors (Lipinski definition) is 1. The number of hydrogen-bond acceptors (Lipinski definition) is 4. The number of rotatable bonds is 1. The predicted octanol–water partition coefficient (Wildman–Crippen LogP) is 8.45. The average Bonchev–Trinajstić information content (AvgIpc) is 3.53. The highest BCUT2D eigenvalue weighted by Crippen LogP contribution is 2.43. The number of nitrogens with one attached hydrogen (secondary N) is 1. The number of thiophene rings is 1. The van der Waals surface area contributed by atoms with E-state index in [9.17, 15) is 5.26 Å². The van der Waals surface area contributed by atoms with Gasteiger partial charge in [-0.1, -0.05) is 78.9 Å². The molecule has 38 heavy (non-hydrogen) atoms. The van der Waals surface area contributed by atoms with E-state index in [1.54, 1.807) is 0 Å². The quantitative estimate of drug-likeness (QED) is 0.244. The fourth-order valence-electron chi connectivity index (χ4n) is 5.75. The van der Waals surface area contributed by atoms with Gasteiger partial charge in [-0.3, -0.25) is 4.57 Å². The van der Waals surface area contributed by atoms with E-state index < -0.39 is 0 Å². The molecule has 0 saturated heterocycles. The molecule has 0 saturated carbocycles. The maximum absolute atomic E-state index is 9.31. The number of para-hydroxylation sites is 2. The molecule has 0 bridgehead atoms. The van der Waals surface area contributed by atoms with Crippen LogP contribution >= 0.6 is 11.3 Å². The van der Waals surface area contributed by atoms with E-state index in [0.717, 1.165) is 28.3 Å². The van der Waals surface area contributed by atoms with E-state index in [1.807, 2.05) is 35.6 Å². The van der Waals surface area contributed by atoms with Crippen molar-refractivity contribution in [2.24, 2.45) is 4.99 Å². The van der Waals surface area contributed by atoms with Crippen LogP contribution in [0, 0.1) is 11.3 Å². The number of aliphatic imine (C=N–C) groups is 1. The second-order valence-electron chi connectivity index (χ2n) is 9.59. The lowest BCUT2D eigenvalue weighted by atomic mass is 9.96. The highest BCUT2D eigenvalue weighted by atomic mass is 32.1. The van der Waals surface area contributed by atoms with E-state index >= 15 is 0 Å². The topological polar surface area (TPSA) is 53.1 Å². The third kappa shape index (κ3) is 2.98. The zero-order chi connectivity index (χ0) is 25.2. The summed E-state index contributed by atoms with van der Waals surface area (Å²) in [5.41, 5.74) is 6.17. The Balaban J connectivity index is 1.46. The van der Waals surface area contributed by atoms with Crippen molar-refractivity contribution >= 4 is 65.0 Å². The molecule has 1 atom stereocenters. The minimum absolute atomic E-state index is 0.187. The smallest absolute Gasteiger partial charge is 0.208 e. The third-order valence-corrected chi connectivity index (χ3v) is 8.69. The molecule has 4 nitrogen and oxygen atoms in total. The van der Waals surface area contributed by atoms with Gasteiger partial charge in [-0.15, -0.1) is 11.3 Å². The molecule has 3 heterocycles. The molecule has 1 aliphatic heterocycles. The van der Waals surface area contributed by atoms with Gasteiger partial charge in [-0.2, -0.15) is 5.26 Å². The van der Waals surface area contributed by atoms with Gasteiger partial charge in [0.15, 0.2) is 0 Å². The highest BCUT2D eigenvalue weighted by Gasteiger charge is 2.26. The summed E-state index contributed by atoms with van der Waals surface area (Å²) in [7, 11) is 0. The maximum Gasteiger partial charge on any atom is 0.208 e. The monoisotopic (exact) mass is 504 g/mol. The lowest BCUT2D eigenvalue weighted by Gasteiger charge is -2.26. The van der Waals surface area contributed by atoms with Gasteiger partial charge in [-0.25, -0.2) is 4.99 Å². The van der Waals surface area contributed by atoms with Crippen LogP contribution in [0.5, 0.6) is 0 Å². The number of aromatic nitrogens is 1. The van der Waals surface area contributed by atoms with Crippen LogP contribution in [-0.4, -0.2) is 10.5 Å². The van der Waals surface area contributed by atoms with Crippen molar-refractivity contribution in [2.75, 3.05) is 5.32 Å². The lowest BCUT2D eigenvalue weighted by Crippen LogP contribution is -2.27. The predicted molar refractivity (Wildman–Crippen MR) is 158 cm³/mol. The number of fused-ring (bicyclic) bond motifs is 8. The van der Waals surface area contributed by atoms with Gasteiger partial charge < -0.3 is 5.32 Å². The van der Waals surface area contributed by atoms with Crippen molar-refractivity contribution in [3.63, 3.8) is 0 Å². The van der Waals surface area contributed by atoms with Gasteiger partial charge in [0.1, 0.15) is 6.04 Å². The molecule has 8 rings (SSSR count). The van der Waals surface area contributed by atoms with Crippen molar-refractivity contribution in [1.29, 1.82) is 5.26 Å². The molecule has 2 aromatic heterocycles. The molecule has 5 aromatic carbocycles. The van der Waals surface area contributed by atoms with Gasteiger partial charge in [-0.05, 0) is 35.9 Å². The standard InChI is InChI=1S/C33H20N4S/c34-19-20-13-15-21(16-14-20)30-26-9-1-4-10-27(26)35-33(36-30)37-28-11-5-2-7-22(28)24-17-18-25-23-8-3-6-12-29(23)38-32(25)31(24)37/h1-18,30H,(H,35,36). The minimum Gasteiger partial charge on any atom is -0.325 e. The van der Waals surface area contributed by atoms with Crippen molar-refractivity contribution in [3.8, 4) is 6.07 Å². The molecule has 5 heteroatoms. The minimum atomic E-state index is -0.187. The molecule has 1 N–H and O–H groups in total. The summed E-state index contributed by atoms with van der Waals surface area (Å²) in [5.74, 6) is 0.800. The Kier molecular flexibility index (Phi) is 4.48. The molecular weight excluding hydrogens is 484 g/mol. The summed E-state index contributed by atoms with van der Waals surface area (Å²) in [6.07, 6.45) is 0. The fourth-order valence-corrected chi connectivity index (χ4v) is 6.99. The van der Waals surface area contributed by atoms with Crippen LogP contribution < -0.4 is 5.32 Å². The SMILES string of the molecule is N#Cc1ccc(C2N=C(n3c4ccccc4c4ccc5c6ccccc6sc5c43)Nc3ccccc32)cc1. The van der Waals surface area contributed by atoms with Gasteiger partial charge >= 0.3 is 0 Å².